The zero-order valence-corrected chi connectivity index (χ0v) is 16.3. The number of benzene rings is 1. The second-order valence-corrected chi connectivity index (χ2v) is 7.47. The molecule has 1 fully saturated rings. The Morgan fingerprint density at radius 2 is 1.88 bits per heavy atom. The number of nitrogens with two attached hydrogens (primary N) is 1. The molecule has 0 spiro atoms. The van der Waals surface area contributed by atoms with Gasteiger partial charge < -0.3 is 20.9 Å². The number of nitrogens with zero attached hydrogens (tertiary/aromatic N) is 2. The molecule has 0 bridgehead atoms. The average molecular weight is 379 g/mol. The van der Waals surface area contributed by atoms with E-state index in [0.717, 1.165) is 31.9 Å². The van der Waals surface area contributed by atoms with Crippen molar-refractivity contribution < 1.29 is 9.59 Å². The second-order valence-electron chi connectivity index (χ2n) is 6.49. The fourth-order valence-corrected chi connectivity index (χ4v) is 3.46. The van der Waals surface area contributed by atoms with Gasteiger partial charge in [-0.15, -0.1) is 0 Å². The summed E-state index contributed by atoms with van der Waals surface area (Å²) in [5, 5.41) is 2.83. The summed E-state index contributed by atoms with van der Waals surface area (Å²) >= 11 is 1.68. The number of thioether (sulfide) groups is 1. The van der Waals surface area contributed by atoms with Gasteiger partial charge in [0.15, 0.2) is 0 Å². The number of para-hydroxylation sites is 1. The van der Waals surface area contributed by atoms with E-state index < -0.39 is 6.04 Å². The number of anilines is 1. The van der Waals surface area contributed by atoms with Gasteiger partial charge in [-0.05, 0) is 37.0 Å². The van der Waals surface area contributed by atoms with E-state index >= 15 is 0 Å². The van der Waals surface area contributed by atoms with E-state index in [1.54, 1.807) is 11.8 Å². The van der Waals surface area contributed by atoms with Crippen LogP contribution in [0.1, 0.15) is 19.3 Å². The summed E-state index contributed by atoms with van der Waals surface area (Å²) in [5.74, 6) is 0.920. The SMILES string of the molecule is CSCC[C@H](N)C(=O)NCCCC(=O)N1CCN(c2ccccc2)CC1. The van der Waals surface area contributed by atoms with E-state index in [1.165, 1.54) is 5.69 Å². The van der Waals surface area contributed by atoms with Gasteiger partial charge in [-0.3, -0.25) is 9.59 Å². The maximum atomic E-state index is 12.3. The number of hydrogen-bond acceptors (Lipinski definition) is 5. The van der Waals surface area contributed by atoms with E-state index in [2.05, 4.69) is 22.3 Å². The monoisotopic (exact) mass is 378 g/mol. The second kappa shape index (κ2) is 11.1. The maximum Gasteiger partial charge on any atom is 0.236 e. The minimum Gasteiger partial charge on any atom is -0.368 e. The Morgan fingerprint density at radius 1 is 1.19 bits per heavy atom. The van der Waals surface area contributed by atoms with Crippen LogP contribution in [0.15, 0.2) is 30.3 Å². The third kappa shape index (κ3) is 6.53. The summed E-state index contributed by atoms with van der Waals surface area (Å²) in [7, 11) is 0. The molecule has 3 N–H and O–H groups in total. The van der Waals surface area contributed by atoms with Crippen LogP contribution in [0.25, 0.3) is 0 Å². The summed E-state index contributed by atoms with van der Waals surface area (Å²) in [5.41, 5.74) is 7.03. The lowest BCUT2D eigenvalue weighted by molar-refractivity contribution is -0.131. The molecule has 1 saturated heterocycles. The number of carbonyl (C=O) groups is 2. The van der Waals surface area contributed by atoms with Gasteiger partial charge in [0.25, 0.3) is 0 Å². The molecule has 7 heteroatoms. The van der Waals surface area contributed by atoms with Crippen LogP contribution in [0, 0.1) is 0 Å². The number of piperazine rings is 1. The van der Waals surface area contributed by atoms with Gasteiger partial charge in [0.1, 0.15) is 0 Å². The molecule has 1 aliphatic rings. The smallest absolute Gasteiger partial charge is 0.236 e. The van der Waals surface area contributed by atoms with Gasteiger partial charge >= 0.3 is 0 Å². The summed E-state index contributed by atoms with van der Waals surface area (Å²) in [6.45, 7) is 3.72. The first-order chi connectivity index (χ1) is 12.6. The van der Waals surface area contributed by atoms with Crippen LogP contribution in [-0.2, 0) is 9.59 Å². The zero-order valence-electron chi connectivity index (χ0n) is 15.5. The Morgan fingerprint density at radius 3 is 2.54 bits per heavy atom. The lowest BCUT2D eigenvalue weighted by atomic mass is 10.2. The van der Waals surface area contributed by atoms with Crippen LogP contribution in [0.4, 0.5) is 5.69 Å². The molecule has 26 heavy (non-hydrogen) atoms. The minimum absolute atomic E-state index is 0.122. The standard InChI is InChI=1S/C19H30N4O2S/c1-26-15-9-17(20)19(25)21-10-5-8-18(24)23-13-11-22(12-14-23)16-6-3-2-4-7-16/h2-4,6-7,17H,5,8-15,20H2,1H3,(H,21,25)/t17-/m0/s1. The molecule has 0 aromatic heterocycles. The van der Waals surface area contributed by atoms with Gasteiger partial charge in [-0.25, -0.2) is 0 Å². The number of hydrogen-bond donors (Lipinski definition) is 2. The molecule has 1 aromatic carbocycles. The Bertz CT molecular complexity index is 562. The zero-order chi connectivity index (χ0) is 18.8. The highest BCUT2D eigenvalue weighted by Crippen LogP contribution is 2.16. The fraction of sp³-hybridized carbons (Fsp3) is 0.579. The van der Waals surface area contributed by atoms with Crippen LogP contribution >= 0.6 is 11.8 Å². The van der Waals surface area contributed by atoms with Crippen molar-refractivity contribution in [2.24, 2.45) is 5.73 Å². The van der Waals surface area contributed by atoms with Gasteiger partial charge in [0, 0.05) is 44.8 Å². The highest BCUT2D eigenvalue weighted by molar-refractivity contribution is 7.98. The Balaban J connectivity index is 1.61. The Kier molecular flexibility index (Phi) is 8.77. The van der Waals surface area contributed by atoms with Gasteiger partial charge in [-0.2, -0.15) is 11.8 Å². The molecule has 1 aliphatic heterocycles. The third-order valence-electron chi connectivity index (χ3n) is 4.59. The highest BCUT2D eigenvalue weighted by Gasteiger charge is 2.21. The first-order valence-corrected chi connectivity index (χ1v) is 10.6. The van der Waals surface area contributed by atoms with Crippen LogP contribution in [0.5, 0.6) is 0 Å². The van der Waals surface area contributed by atoms with E-state index in [-0.39, 0.29) is 11.8 Å². The summed E-state index contributed by atoms with van der Waals surface area (Å²) in [6.07, 6.45) is 3.79. The Hall–Kier alpha value is -1.73. The first kappa shape index (κ1) is 20.6. The molecule has 0 unspecified atom stereocenters. The van der Waals surface area contributed by atoms with Crippen molar-refractivity contribution in [3.8, 4) is 0 Å². The van der Waals surface area contributed by atoms with Gasteiger partial charge in [0.2, 0.25) is 11.8 Å². The van der Waals surface area contributed by atoms with Crippen molar-refractivity contribution in [2.45, 2.75) is 25.3 Å². The van der Waals surface area contributed by atoms with Crippen LogP contribution in [0.2, 0.25) is 0 Å². The number of amides is 2. The average Bonchev–Trinajstić information content (AvgIpc) is 2.69. The summed E-state index contributed by atoms with van der Waals surface area (Å²) in [6, 6.07) is 9.83. The largest absolute Gasteiger partial charge is 0.368 e. The first-order valence-electron chi connectivity index (χ1n) is 9.22. The Labute approximate surface area is 160 Å². The maximum absolute atomic E-state index is 12.3. The molecule has 1 aromatic rings. The normalized spacial score (nSPS) is 15.6. The van der Waals surface area contributed by atoms with Crippen LogP contribution < -0.4 is 16.0 Å². The van der Waals surface area contributed by atoms with Crippen molar-refractivity contribution in [2.75, 3.05) is 49.6 Å². The fourth-order valence-electron chi connectivity index (χ4n) is 2.97. The molecule has 1 atom stereocenters. The van der Waals surface area contributed by atoms with Crippen molar-refractivity contribution in [3.63, 3.8) is 0 Å². The predicted octanol–water partition coefficient (Wildman–Crippen LogP) is 1.31. The topological polar surface area (TPSA) is 78.7 Å². The summed E-state index contributed by atoms with van der Waals surface area (Å²) in [4.78, 5) is 28.4. The quantitative estimate of drug-likeness (QED) is 0.634. The van der Waals surface area contributed by atoms with E-state index in [4.69, 9.17) is 5.73 Å². The third-order valence-corrected chi connectivity index (χ3v) is 5.23. The van der Waals surface area contributed by atoms with Gasteiger partial charge in [-0.1, -0.05) is 18.2 Å². The predicted molar refractivity (Wildman–Crippen MR) is 108 cm³/mol. The molecular formula is C19H30N4O2S. The molecule has 0 aliphatic carbocycles. The molecule has 6 nitrogen and oxygen atoms in total. The van der Waals surface area contributed by atoms with E-state index in [0.29, 0.717) is 25.8 Å². The molecular weight excluding hydrogens is 348 g/mol. The number of rotatable bonds is 9. The molecule has 0 saturated carbocycles. The minimum atomic E-state index is -0.454. The van der Waals surface area contributed by atoms with Crippen LogP contribution in [0.3, 0.4) is 0 Å². The number of nitrogens with one attached hydrogen (secondary N) is 1. The van der Waals surface area contributed by atoms with Crippen molar-refractivity contribution in [1.29, 1.82) is 0 Å². The van der Waals surface area contributed by atoms with Gasteiger partial charge in [0.05, 0.1) is 6.04 Å². The van der Waals surface area contributed by atoms with E-state index in [9.17, 15) is 9.59 Å². The summed E-state index contributed by atoms with van der Waals surface area (Å²) < 4.78 is 0. The molecule has 0 radical (unpaired) electrons. The van der Waals surface area contributed by atoms with Crippen molar-refractivity contribution in [1.82, 2.24) is 10.2 Å². The van der Waals surface area contributed by atoms with Crippen molar-refractivity contribution in [3.05, 3.63) is 30.3 Å². The molecule has 144 valence electrons. The molecule has 2 amide bonds. The van der Waals surface area contributed by atoms with Crippen LogP contribution in [-0.4, -0.2) is 67.5 Å². The highest BCUT2D eigenvalue weighted by atomic mass is 32.2. The van der Waals surface area contributed by atoms with E-state index in [1.807, 2.05) is 29.4 Å². The molecule has 2 rings (SSSR count). The number of carbonyl (C=O) groups excluding carboxylic acids is 2. The lowest BCUT2D eigenvalue weighted by Crippen LogP contribution is -2.49. The van der Waals surface area contributed by atoms with Crippen molar-refractivity contribution >= 4 is 29.3 Å². The molecule has 1 heterocycles. The lowest BCUT2D eigenvalue weighted by Gasteiger charge is -2.36.